The first kappa shape index (κ1) is 16.9. The number of fused-ring (bicyclic) bond motifs is 3. The summed E-state index contributed by atoms with van der Waals surface area (Å²) in [5.41, 5.74) is 0.862. The van der Waals surface area contributed by atoms with E-state index in [9.17, 15) is 9.59 Å². The fraction of sp³-hybridized carbons (Fsp3) is 0.444. The van der Waals surface area contributed by atoms with E-state index in [-0.39, 0.29) is 12.1 Å². The Morgan fingerprint density at radius 1 is 0.917 bits per heavy atom. The number of anilines is 1. The SMILES string of the molecule is CCCCN1C(=O)N(CCCC)C2=CSc3ccccc3N2C1=O. The van der Waals surface area contributed by atoms with Crippen LogP contribution >= 0.6 is 11.8 Å². The van der Waals surface area contributed by atoms with Gasteiger partial charge in [-0.2, -0.15) is 0 Å². The molecule has 0 unspecified atom stereocenters. The Morgan fingerprint density at radius 2 is 1.58 bits per heavy atom. The maximum Gasteiger partial charge on any atom is 0.338 e. The van der Waals surface area contributed by atoms with Crippen LogP contribution in [-0.2, 0) is 0 Å². The molecule has 0 aliphatic carbocycles. The van der Waals surface area contributed by atoms with E-state index in [1.807, 2.05) is 29.7 Å². The molecule has 0 N–H and O–H groups in total. The van der Waals surface area contributed by atoms with Gasteiger partial charge in [0.1, 0.15) is 5.82 Å². The first-order chi connectivity index (χ1) is 11.7. The lowest BCUT2D eigenvalue weighted by Crippen LogP contribution is -2.60. The summed E-state index contributed by atoms with van der Waals surface area (Å²) in [5, 5.41) is 1.92. The van der Waals surface area contributed by atoms with Gasteiger partial charge in [0.25, 0.3) is 0 Å². The van der Waals surface area contributed by atoms with Gasteiger partial charge in [-0.1, -0.05) is 50.6 Å². The van der Waals surface area contributed by atoms with Crippen molar-refractivity contribution in [2.75, 3.05) is 18.0 Å². The largest absolute Gasteiger partial charge is 0.338 e. The van der Waals surface area contributed by atoms with E-state index >= 15 is 0 Å². The number of thioether (sulfide) groups is 1. The summed E-state index contributed by atoms with van der Waals surface area (Å²) in [4.78, 5) is 31.8. The summed E-state index contributed by atoms with van der Waals surface area (Å²) in [5.74, 6) is 0.690. The monoisotopic (exact) mass is 345 g/mol. The van der Waals surface area contributed by atoms with Gasteiger partial charge in [-0.3, -0.25) is 4.90 Å². The maximum atomic E-state index is 13.0. The topological polar surface area (TPSA) is 43.9 Å². The van der Waals surface area contributed by atoms with Crippen molar-refractivity contribution in [3.05, 3.63) is 35.5 Å². The van der Waals surface area contributed by atoms with Crippen molar-refractivity contribution < 1.29 is 9.59 Å². The molecular weight excluding hydrogens is 322 g/mol. The number of unbranched alkanes of at least 4 members (excludes halogenated alkanes) is 2. The van der Waals surface area contributed by atoms with Gasteiger partial charge in [-0.05, 0) is 25.0 Å². The van der Waals surface area contributed by atoms with E-state index < -0.39 is 0 Å². The fourth-order valence-corrected chi connectivity index (χ4v) is 3.80. The highest BCUT2D eigenvalue weighted by molar-refractivity contribution is 8.02. The predicted molar refractivity (Wildman–Crippen MR) is 96.9 cm³/mol. The number of amides is 4. The minimum atomic E-state index is -0.236. The zero-order valence-corrected chi connectivity index (χ0v) is 15.0. The lowest BCUT2D eigenvalue weighted by molar-refractivity contribution is 0.153. The Morgan fingerprint density at radius 3 is 2.29 bits per heavy atom. The van der Waals surface area contributed by atoms with E-state index in [1.54, 1.807) is 21.6 Å². The molecule has 128 valence electrons. The van der Waals surface area contributed by atoms with Crippen LogP contribution < -0.4 is 4.90 Å². The summed E-state index contributed by atoms with van der Waals surface area (Å²) in [6.45, 7) is 5.27. The summed E-state index contributed by atoms with van der Waals surface area (Å²) < 4.78 is 0. The quantitative estimate of drug-likeness (QED) is 0.740. The van der Waals surface area contributed by atoms with E-state index in [4.69, 9.17) is 0 Å². The Hall–Kier alpha value is -1.95. The first-order valence-electron chi connectivity index (χ1n) is 8.58. The number of benzene rings is 1. The second-order valence-electron chi connectivity index (χ2n) is 5.97. The number of imide groups is 1. The number of carbonyl (C=O) groups is 2. The number of nitrogens with zero attached hydrogens (tertiary/aromatic N) is 3. The minimum absolute atomic E-state index is 0.190. The van der Waals surface area contributed by atoms with Crippen LogP contribution in [0.2, 0.25) is 0 Å². The second-order valence-corrected chi connectivity index (χ2v) is 6.88. The van der Waals surface area contributed by atoms with E-state index in [2.05, 4.69) is 13.8 Å². The molecule has 5 nitrogen and oxygen atoms in total. The Labute approximate surface area is 147 Å². The molecule has 1 aromatic rings. The third-order valence-electron chi connectivity index (χ3n) is 4.26. The highest BCUT2D eigenvalue weighted by Gasteiger charge is 2.43. The van der Waals surface area contributed by atoms with Gasteiger partial charge in [-0.15, -0.1) is 0 Å². The van der Waals surface area contributed by atoms with Crippen LogP contribution in [0, 0.1) is 0 Å². The van der Waals surface area contributed by atoms with Crippen molar-refractivity contribution in [2.24, 2.45) is 0 Å². The van der Waals surface area contributed by atoms with Crippen molar-refractivity contribution in [3.8, 4) is 0 Å². The van der Waals surface area contributed by atoms with Crippen molar-refractivity contribution >= 4 is 29.5 Å². The molecule has 2 aliphatic rings. The van der Waals surface area contributed by atoms with Crippen LogP contribution in [0.1, 0.15) is 39.5 Å². The Kier molecular flexibility index (Phi) is 5.14. The fourth-order valence-electron chi connectivity index (χ4n) is 2.90. The number of para-hydroxylation sites is 1. The van der Waals surface area contributed by atoms with Gasteiger partial charge in [-0.25, -0.2) is 19.4 Å². The molecule has 4 amide bonds. The zero-order valence-electron chi connectivity index (χ0n) is 14.2. The normalized spacial score (nSPS) is 16.9. The molecule has 2 aliphatic heterocycles. The standard InChI is InChI=1S/C18H23N3O2S/c1-3-5-11-19-16-13-24-15-10-8-7-9-14(15)21(16)18(23)20(17(19)22)12-6-4-2/h7-10,13H,3-6,11-12H2,1-2H3. The molecule has 2 heterocycles. The van der Waals surface area contributed by atoms with Crippen LogP contribution in [0.3, 0.4) is 0 Å². The van der Waals surface area contributed by atoms with Crippen LogP contribution in [0.15, 0.2) is 40.4 Å². The number of hydrogen-bond donors (Lipinski definition) is 0. The van der Waals surface area contributed by atoms with Crippen molar-refractivity contribution in [1.82, 2.24) is 9.80 Å². The molecule has 6 heteroatoms. The van der Waals surface area contributed by atoms with Crippen LogP contribution in [0.25, 0.3) is 0 Å². The number of rotatable bonds is 6. The molecule has 0 spiro atoms. The average Bonchev–Trinajstić information content (AvgIpc) is 2.61. The van der Waals surface area contributed by atoms with Crippen molar-refractivity contribution in [3.63, 3.8) is 0 Å². The Balaban J connectivity index is 1.99. The van der Waals surface area contributed by atoms with Gasteiger partial charge < -0.3 is 0 Å². The lowest BCUT2D eigenvalue weighted by atomic mass is 10.2. The maximum absolute atomic E-state index is 13.0. The highest BCUT2D eigenvalue weighted by atomic mass is 32.2. The lowest BCUT2D eigenvalue weighted by Gasteiger charge is -2.44. The zero-order chi connectivity index (χ0) is 17.1. The summed E-state index contributed by atoms with van der Waals surface area (Å²) in [6.07, 6.45) is 3.69. The second kappa shape index (κ2) is 7.30. The van der Waals surface area contributed by atoms with Gasteiger partial charge in [0.2, 0.25) is 0 Å². The minimum Gasteiger partial charge on any atom is -0.279 e. The molecule has 0 radical (unpaired) electrons. The summed E-state index contributed by atoms with van der Waals surface area (Å²) in [6, 6.07) is 7.42. The summed E-state index contributed by atoms with van der Waals surface area (Å²) in [7, 11) is 0. The van der Waals surface area contributed by atoms with Crippen molar-refractivity contribution in [1.29, 1.82) is 0 Å². The number of carbonyl (C=O) groups excluding carboxylic acids is 2. The molecule has 0 saturated carbocycles. The Bertz CT molecular complexity index is 674. The first-order valence-corrected chi connectivity index (χ1v) is 9.46. The third kappa shape index (κ3) is 2.90. The molecule has 24 heavy (non-hydrogen) atoms. The van der Waals surface area contributed by atoms with Crippen molar-refractivity contribution in [2.45, 2.75) is 44.4 Å². The van der Waals surface area contributed by atoms with Gasteiger partial charge in [0.05, 0.1) is 5.69 Å². The van der Waals surface area contributed by atoms with Gasteiger partial charge in [0.15, 0.2) is 0 Å². The summed E-state index contributed by atoms with van der Waals surface area (Å²) >= 11 is 1.57. The van der Waals surface area contributed by atoms with Crippen LogP contribution in [0.5, 0.6) is 0 Å². The van der Waals surface area contributed by atoms with Crippen LogP contribution in [-0.4, -0.2) is 35.0 Å². The molecule has 0 aromatic heterocycles. The van der Waals surface area contributed by atoms with E-state index in [1.165, 1.54) is 4.90 Å². The molecule has 0 bridgehead atoms. The average molecular weight is 345 g/mol. The van der Waals surface area contributed by atoms with Crippen LogP contribution in [0.4, 0.5) is 15.3 Å². The molecule has 0 atom stereocenters. The molecule has 3 rings (SSSR count). The van der Waals surface area contributed by atoms with Gasteiger partial charge in [0, 0.05) is 23.4 Å². The van der Waals surface area contributed by atoms with E-state index in [0.717, 1.165) is 36.3 Å². The molecule has 1 aromatic carbocycles. The molecule has 1 fully saturated rings. The van der Waals surface area contributed by atoms with Gasteiger partial charge >= 0.3 is 12.1 Å². The predicted octanol–water partition coefficient (Wildman–Crippen LogP) is 4.86. The number of urea groups is 2. The highest BCUT2D eigenvalue weighted by Crippen LogP contribution is 2.42. The number of hydrogen-bond acceptors (Lipinski definition) is 3. The molecular formula is C18H23N3O2S. The smallest absolute Gasteiger partial charge is 0.279 e. The third-order valence-corrected chi connectivity index (χ3v) is 5.19. The molecule has 1 saturated heterocycles. The van der Waals surface area contributed by atoms with E-state index in [0.29, 0.717) is 18.9 Å².